The van der Waals surface area contributed by atoms with Crippen LogP contribution < -0.4 is 0 Å². The van der Waals surface area contributed by atoms with Gasteiger partial charge in [-0.05, 0) is 30.7 Å². The molecular weight excluding hydrogens is 176 g/mol. The van der Waals surface area contributed by atoms with Crippen molar-refractivity contribution in [2.45, 2.75) is 44.4 Å². The molecule has 76 valence electrons. The molecule has 1 nitrogen and oxygen atoms in total. The van der Waals surface area contributed by atoms with Gasteiger partial charge in [-0.25, -0.2) is 0 Å². The summed E-state index contributed by atoms with van der Waals surface area (Å²) in [6.45, 7) is 7.68. The molecule has 0 aromatic rings. The number of aliphatic hydroxyl groups excluding tert-OH is 1. The first-order valence-electron chi connectivity index (χ1n) is 5.33. The fraction of sp³-hybridized carbons (Fsp3) is 0.818. The third-order valence-electron chi connectivity index (χ3n) is 3.12. The van der Waals surface area contributed by atoms with Crippen molar-refractivity contribution in [2.75, 3.05) is 6.61 Å². The summed E-state index contributed by atoms with van der Waals surface area (Å²) < 4.78 is 0. The molecule has 0 amide bonds. The maximum Gasteiger partial charge on any atom is 0.0479 e. The number of allylic oxidation sites excluding steroid dienone is 2. The van der Waals surface area contributed by atoms with Gasteiger partial charge < -0.3 is 5.11 Å². The smallest absolute Gasteiger partial charge is 0.0479 e. The highest BCUT2D eigenvalue weighted by Crippen LogP contribution is 2.39. The van der Waals surface area contributed by atoms with Crippen LogP contribution in [-0.2, 0) is 0 Å². The molecule has 1 N–H and O–H groups in total. The SMILES string of the molecule is C[Si](C)(C)[C@H]1CCC=C[C@H]1CCO. The predicted octanol–water partition coefficient (Wildman–Crippen LogP) is 3.04. The minimum absolute atomic E-state index is 0.343. The molecule has 0 bridgehead atoms. The molecule has 2 heteroatoms. The monoisotopic (exact) mass is 198 g/mol. The topological polar surface area (TPSA) is 20.2 Å². The van der Waals surface area contributed by atoms with Crippen LogP contribution in [0.2, 0.25) is 25.2 Å². The average molecular weight is 198 g/mol. The molecule has 2 atom stereocenters. The molecule has 13 heavy (non-hydrogen) atoms. The van der Waals surface area contributed by atoms with E-state index in [0.717, 1.165) is 12.0 Å². The fourth-order valence-corrected chi connectivity index (χ4v) is 5.01. The summed E-state index contributed by atoms with van der Waals surface area (Å²) in [5.41, 5.74) is 0.879. The first-order valence-corrected chi connectivity index (χ1v) is 8.91. The third kappa shape index (κ3) is 2.95. The second-order valence-electron chi connectivity index (χ2n) is 5.15. The maximum atomic E-state index is 8.98. The lowest BCUT2D eigenvalue weighted by molar-refractivity contribution is 0.263. The first kappa shape index (κ1) is 11.0. The Hall–Kier alpha value is -0.0831. The molecule has 0 aromatic carbocycles. The third-order valence-corrected chi connectivity index (χ3v) is 6.06. The number of aliphatic hydroxyl groups is 1. The number of hydrogen-bond donors (Lipinski definition) is 1. The molecule has 0 aliphatic heterocycles. The van der Waals surface area contributed by atoms with Crippen LogP contribution in [0.4, 0.5) is 0 Å². The van der Waals surface area contributed by atoms with Crippen LogP contribution in [0, 0.1) is 5.92 Å². The Morgan fingerprint density at radius 2 is 2.08 bits per heavy atom. The lowest BCUT2D eigenvalue weighted by atomic mass is 9.92. The van der Waals surface area contributed by atoms with Crippen LogP contribution in [-0.4, -0.2) is 19.8 Å². The molecule has 1 rings (SSSR count). The second-order valence-corrected chi connectivity index (χ2v) is 10.6. The molecule has 0 saturated carbocycles. The molecular formula is C11H22OSi. The zero-order chi connectivity index (χ0) is 9.90. The van der Waals surface area contributed by atoms with Crippen molar-refractivity contribution in [3.8, 4) is 0 Å². The Labute approximate surface area is 82.9 Å². The van der Waals surface area contributed by atoms with Crippen molar-refractivity contribution in [3.05, 3.63) is 12.2 Å². The van der Waals surface area contributed by atoms with E-state index in [2.05, 4.69) is 31.8 Å². The van der Waals surface area contributed by atoms with Crippen LogP contribution in [0.3, 0.4) is 0 Å². The van der Waals surface area contributed by atoms with E-state index >= 15 is 0 Å². The van der Waals surface area contributed by atoms with Gasteiger partial charge in [-0.2, -0.15) is 0 Å². The van der Waals surface area contributed by atoms with Crippen molar-refractivity contribution in [3.63, 3.8) is 0 Å². The highest BCUT2D eigenvalue weighted by Gasteiger charge is 2.32. The summed E-state index contributed by atoms with van der Waals surface area (Å²) in [6.07, 6.45) is 8.18. The lowest BCUT2D eigenvalue weighted by Crippen LogP contribution is -2.34. The van der Waals surface area contributed by atoms with Gasteiger partial charge in [0.05, 0.1) is 0 Å². The summed E-state index contributed by atoms with van der Waals surface area (Å²) in [5, 5.41) is 8.98. The number of hydrogen-bond acceptors (Lipinski definition) is 1. The van der Waals surface area contributed by atoms with E-state index in [1.54, 1.807) is 0 Å². The van der Waals surface area contributed by atoms with Crippen LogP contribution in [0.1, 0.15) is 19.3 Å². The Morgan fingerprint density at radius 3 is 2.62 bits per heavy atom. The van der Waals surface area contributed by atoms with Crippen LogP contribution in [0.15, 0.2) is 12.2 Å². The summed E-state index contributed by atoms with van der Waals surface area (Å²) in [5.74, 6) is 0.658. The van der Waals surface area contributed by atoms with Gasteiger partial charge in [0.15, 0.2) is 0 Å². The maximum absolute atomic E-state index is 8.98. The molecule has 0 fully saturated rings. The van der Waals surface area contributed by atoms with Crippen molar-refractivity contribution < 1.29 is 5.11 Å². The average Bonchev–Trinajstić information content (AvgIpc) is 2.04. The zero-order valence-corrected chi connectivity index (χ0v) is 10.1. The molecule has 0 spiro atoms. The minimum Gasteiger partial charge on any atom is -0.396 e. The minimum atomic E-state index is -1.02. The molecule has 0 aromatic heterocycles. The molecule has 0 heterocycles. The molecule has 1 aliphatic rings. The summed E-state index contributed by atoms with van der Waals surface area (Å²) >= 11 is 0. The van der Waals surface area contributed by atoms with E-state index in [1.807, 2.05) is 0 Å². The second kappa shape index (κ2) is 4.42. The van der Waals surface area contributed by atoms with E-state index in [0.29, 0.717) is 12.5 Å². The van der Waals surface area contributed by atoms with Crippen LogP contribution in [0.5, 0.6) is 0 Å². The normalized spacial score (nSPS) is 29.2. The van der Waals surface area contributed by atoms with E-state index < -0.39 is 8.07 Å². The lowest BCUT2D eigenvalue weighted by Gasteiger charge is -2.36. The Morgan fingerprint density at radius 1 is 1.38 bits per heavy atom. The van der Waals surface area contributed by atoms with Gasteiger partial charge in [0.2, 0.25) is 0 Å². The van der Waals surface area contributed by atoms with Gasteiger partial charge in [-0.3, -0.25) is 0 Å². The predicted molar refractivity (Wildman–Crippen MR) is 60.7 cm³/mol. The Bertz CT molecular complexity index is 181. The standard InChI is InChI=1S/C11H22OSi/c1-13(2,3)11-7-5-4-6-10(11)8-9-12/h4,6,10-12H,5,7-9H2,1-3H3/t10-,11-/m0/s1. The van der Waals surface area contributed by atoms with Gasteiger partial charge in [0, 0.05) is 14.7 Å². The fourth-order valence-electron chi connectivity index (χ4n) is 2.42. The highest BCUT2D eigenvalue weighted by atomic mass is 28.3. The van der Waals surface area contributed by atoms with Crippen molar-refractivity contribution in [1.82, 2.24) is 0 Å². The van der Waals surface area contributed by atoms with Crippen LogP contribution in [0.25, 0.3) is 0 Å². The number of rotatable bonds is 3. The van der Waals surface area contributed by atoms with Crippen molar-refractivity contribution in [2.24, 2.45) is 5.92 Å². The van der Waals surface area contributed by atoms with E-state index in [4.69, 9.17) is 5.11 Å². The molecule has 0 unspecified atom stereocenters. The Kier molecular flexibility index (Phi) is 3.74. The largest absolute Gasteiger partial charge is 0.396 e. The zero-order valence-electron chi connectivity index (χ0n) is 9.09. The molecule has 0 radical (unpaired) electrons. The highest BCUT2D eigenvalue weighted by molar-refractivity contribution is 6.77. The van der Waals surface area contributed by atoms with Gasteiger partial charge in [0.1, 0.15) is 0 Å². The van der Waals surface area contributed by atoms with Crippen LogP contribution >= 0.6 is 0 Å². The Balaban J connectivity index is 2.65. The summed E-state index contributed by atoms with van der Waals surface area (Å²) in [6, 6.07) is 0. The van der Waals surface area contributed by atoms with Gasteiger partial charge in [-0.1, -0.05) is 31.8 Å². The van der Waals surface area contributed by atoms with Gasteiger partial charge in [0.25, 0.3) is 0 Å². The van der Waals surface area contributed by atoms with Crippen molar-refractivity contribution in [1.29, 1.82) is 0 Å². The van der Waals surface area contributed by atoms with Gasteiger partial charge >= 0.3 is 0 Å². The van der Waals surface area contributed by atoms with Crippen molar-refractivity contribution >= 4 is 8.07 Å². The van der Waals surface area contributed by atoms with E-state index in [9.17, 15) is 0 Å². The quantitative estimate of drug-likeness (QED) is 0.546. The summed E-state index contributed by atoms with van der Waals surface area (Å²) in [4.78, 5) is 0. The molecule has 0 saturated heterocycles. The van der Waals surface area contributed by atoms with E-state index in [1.165, 1.54) is 12.8 Å². The first-order chi connectivity index (χ1) is 6.05. The van der Waals surface area contributed by atoms with Gasteiger partial charge in [-0.15, -0.1) is 0 Å². The molecule has 1 aliphatic carbocycles. The van der Waals surface area contributed by atoms with E-state index in [-0.39, 0.29) is 0 Å². The summed E-state index contributed by atoms with van der Waals surface area (Å²) in [7, 11) is -1.02.